The smallest absolute Gasteiger partial charge is 0.224 e. The third-order valence-corrected chi connectivity index (χ3v) is 8.66. The van der Waals surface area contributed by atoms with E-state index in [0.29, 0.717) is 24.1 Å². The maximum atomic E-state index is 13.0. The van der Waals surface area contributed by atoms with Gasteiger partial charge in [0.2, 0.25) is 5.91 Å². The van der Waals surface area contributed by atoms with E-state index >= 15 is 0 Å². The van der Waals surface area contributed by atoms with Crippen molar-refractivity contribution in [3.63, 3.8) is 0 Å². The Kier molecular flexibility index (Phi) is 7.38. The summed E-state index contributed by atoms with van der Waals surface area (Å²) >= 11 is 0. The van der Waals surface area contributed by atoms with E-state index < -0.39 is 6.10 Å². The van der Waals surface area contributed by atoms with Crippen molar-refractivity contribution < 1.29 is 20.1 Å². The summed E-state index contributed by atoms with van der Waals surface area (Å²) in [5.74, 6) is 2.63. The zero-order valence-corrected chi connectivity index (χ0v) is 21.2. The molecule has 0 radical (unpaired) electrons. The molecule has 6 nitrogen and oxygen atoms in total. The van der Waals surface area contributed by atoms with E-state index in [4.69, 9.17) is 0 Å². The summed E-state index contributed by atoms with van der Waals surface area (Å²) in [5, 5.41) is 36.5. The standard InChI is InChI=1S/C30H40N2O4/c1-19(31-17-28(35)25-5-6-27(34)26(13-25)18-33)7-20-3-2-4-21(8-20)12-29(36)32-30-14-22-9-23(15-30)11-24(10-22)16-30/h2-6,8,13,19,22-24,28,31,33-35H,7,9-12,14-18H2,1H3,(H,32,36). The van der Waals surface area contributed by atoms with Crippen LogP contribution in [0.2, 0.25) is 0 Å². The molecule has 0 spiro atoms. The third-order valence-electron chi connectivity index (χ3n) is 8.66. The van der Waals surface area contributed by atoms with Crippen molar-refractivity contribution >= 4 is 5.91 Å². The minimum Gasteiger partial charge on any atom is -0.508 e. The van der Waals surface area contributed by atoms with Crippen molar-refractivity contribution in [1.82, 2.24) is 10.6 Å². The highest BCUT2D eigenvalue weighted by molar-refractivity contribution is 5.79. The molecule has 2 aromatic rings. The molecule has 4 fully saturated rings. The monoisotopic (exact) mass is 492 g/mol. The molecule has 1 amide bonds. The molecule has 4 bridgehead atoms. The van der Waals surface area contributed by atoms with Crippen molar-refractivity contribution in [1.29, 1.82) is 0 Å². The largest absolute Gasteiger partial charge is 0.508 e. The number of nitrogens with one attached hydrogen (secondary N) is 2. The Morgan fingerprint density at radius 3 is 2.36 bits per heavy atom. The van der Waals surface area contributed by atoms with Gasteiger partial charge in [-0.1, -0.05) is 30.3 Å². The first-order chi connectivity index (χ1) is 17.3. The van der Waals surface area contributed by atoms with E-state index in [0.717, 1.165) is 35.3 Å². The molecule has 6 heteroatoms. The minimum atomic E-state index is -0.738. The zero-order valence-electron chi connectivity index (χ0n) is 21.2. The molecule has 4 saturated carbocycles. The van der Waals surface area contributed by atoms with Gasteiger partial charge in [-0.2, -0.15) is 0 Å². The molecule has 0 heterocycles. The van der Waals surface area contributed by atoms with Crippen LogP contribution in [0.4, 0.5) is 0 Å². The van der Waals surface area contributed by atoms with Gasteiger partial charge in [0, 0.05) is 23.7 Å². The SMILES string of the molecule is CC(Cc1cccc(CC(=O)NC23CC4CC(CC(C4)C2)C3)c1)NCC(O)c1ccc(O)c(CO)c1. The van der Waals surface area contributed by atoms with Gasteiger partial charge in [0.05, 0.1) is 19.1 Å². The van der Waals surface area contributed by atoms with Crippen LogP contribution in [0.25, 0.3) is 0 Å². The first-order valence-corrected chi connectivity index (χ1v) is 13.5. The zero-order chi connectivity index (χ0) is 25.3. The molecule has 5 N–H and O–H groups in total. The number of hydrogen-bond acceptors (Lipinski definition) is 5. The van der Waals surface area contributed by atoms with Crippen LogP contribution in [0.1, 0.15) is 73.8 Å². The lowest BCUT2D eigenvalue weighted by Crippen LogP contribution is -2.60. The highest BCUT2D eigenvalue weighted by Gasteiger charge is 2.51. The fraction of sp³-hybridized carbons (Fsp3) is 0.567. The fourth-order valence-electron chi connectivity index (χ4n) is 7.45. The van der Waals surface area contributed by atoms with Gasteiger partial charge < -0.3 is 26.0 Å². The molecule has 4 aliphatic rings. The molecular formula is C30H40N2O4. The second kappa shape index (κ2) is 10.5. The van der Waals surface area contributed by atoms with E-state index in [9.17, 15) is 20.1 Å². The number of amides is 1. The summed E-state index contributed by atoms with van der Waals surface area (Å²) in [6.45, 7) is 2.17. The summed E-state index contributed by atoms with van der Waals surface area (Å²) in [5.41, 5.74) is 3.32. The molecule has 2 unspecified atom stereocenters. The Labute approximate surface area is 214 Å². The molecule has 6 rings (SSSR count). The highest BCUT2D eigenvalue weighted by Crippen LogP contribution is 2.55. The molecular weight excluding hydrogens is 452 g/mol. The summed E-state index contributed by atoms with van der Waals surface area (Å²) in [6, 6.07) is 13.2. The van der Waals surface area contributed by atoms with E-state index in [1.54, 1.807) is 12.1 Å². The van der Waals surface area contributed by atoms with Gasteiger partial charge in [-0.05, 0) is 98.4 Å². The highest BCUT2D eigenvalue weighted by atomic mass is 16.3. The maximum Gasteiger partial charge on any atom is 0.224 e. The Bertz CT molecular complexity index is 1050. The summed E-state index contributed by atoms with van der Waals surface area (Å²) in [4.78, 5) is 13.0. The molecule has 36 heavy (non-hydrogen) atoms. The number of aliphatic hydroxyl groups excluding tert-OH is 2. The Morgan fingerprint density at radius 1 is 1.03 bits per heavy atom. The lowest BCUT2D eigenvalue weighted by Gasteiger charge is -2.56. The quantitative estimate of drug-likeness (QED) is 0.348. The topological polar surface area (TPSA) is 102 Å². The van der Waals surface area contributed by atoms with Gasteiger partial charge >= 0.3 is 0 Å². The molecule has 2 aromatic carbocycles. The van der Waals surface area contributed by atoms with E-state index in [2.05, 4.69) is 29.7 Å². The lowest BCUT2D eigenvalue weighted by atomic mass is 9.53. The van der Waals surface area contributed by atoms with Crippen LogP contribution in [0.15, 0.2) is 42.5 Å². The van der Waals surface area contributed by atoms with Crippen molar-refractivity contribution in [3.8, 4) is 5.75 Å². The van der Waals surface area contributed by atoms with Crippen LogP contribution in [-0.4, -0.2) is 39.4 Å². The predicted molar refractivity (Wildman–Crippen MR) is 139 cm³/mol. The van der Waals surface area contributed by atoms with Crippen LogP contribution in [0, 0.1) is 17.8 Å². The van der Waals surface area contributed by atoms with Crippen LogP contribution in [0.3, 0.4) is 0 Å². The number of aromatic hydroxyl groups is 1. The molecule has 0 saturated heterocycles. The van der Waals surface area contributed by atoms with Gasteiger partial charge in [-0.3, -0.25) is 4.79 Å². The maximum absolute atomic E-state index is 13.0. The first-order valence-electron chi connectivity index (χ1n) is 13.5. The van der Waals surface area contributed by atoms with Crippen LogP contribution >= 0.6 is 0 Å². The van der Waals surface area contributed by atoms with Gasteiger partial charge in [0.15, 0.2) is 0 Å². The van der Waals surface area contributed by atoms with E-state index in [1.807, 2.05) is 12.1 Å². The second-order valence-corrected chi connectivity index (χ2v) is 11.8. The lowest BCUT2D eigenvalue weighted by molar-refractivity contribution is -0.126. The van der Waals surface area contributed by atoms with Crippen LogP contribution < -0.4 is 10.6 Å². The number of carbonyl (C=O) groups excluding carboxylic acids is 1. The minimum absolute atomic E-state index is 0.0290. The van der Waals surface area contributed by atoms with Gasteiger partial charge in [-0.25, -0.2) is 0 Å². The van der Waals surface area contributed by atoms with E-state index in [-0.39, 0.29) is 29.8 Å². The number of aliphatic hydroxyl groups is 2. The third kappa shape index (κ3) is 5.77. The average molecular weight is 493 g/mol. The number of carbonyl (C=O) groups is 1. The van der Waals surface area contributed by atoms with E-state index in [1.165, 1.54) is 44.6 Å². The normalized spacial score (nSPS) is 28.1. The fourth-order valence-corrected chi connectivity index (χ4v) is 7.45. The number of phenols is 1. The summed E-state index contributed by atoms with van der Waals surface area (Å²) < 4.78 is 0. The summed E-state index contributed by atoms with van der Waals surface area (Å²) in [7, 11) is 0. The predicted octanol–water partition coefficient (Wildman–Crippen LogP) is 3.77. The number of rotatable bonds is 10. The number of hydrogen-bond donors (Lipinski definition) is 5. The Morgan fingerprint density at radius 2 is 1.69 bits per heavy atom. The molecule has 0 aromatic heterocycles. The van der Waals surface area contributed by atoms with Crippen molar-refractivity contribution in [3.05, 3.63) is 64.7 Å². The Hall–Kier alpha value is -2.41. The molecule has 4 aliphatic carbocycles. The molecule has 194 valence electrons. The van der Waals surface area contributed by atoms with Gasteiger partial charge in [0.25, 0.3) is 0 Å². The number of benzene rings is 2. The van der Waals surface area contributed by atoms with Crippen molar-refractivity contribution in [2.75, 3.05) is 6.54 Å². The molecule has 0 aliphatic heterocycles. The second-order valence-electron chi connectivity index (χ2n) is 11.8. The first kappa shape index (κ1) is 25.2. The summed E-state index contributed by atoms with van der Waals surface area (Å²) in [6.07, 6.45) is 8.11. The van der Waals surface area contributed by atoms with Crippen LogP contribution in [0.5, 0.6) is 5.75 Å². The van der Waals surface area contributed by atoms with Crippen molar-refractivity contribution in [2.45, 2.75) is 82.6 Å². The molecule has 2 atom stereocenters. The average Bonchev–Trinajstić information content (AvgIpc) is 2.81. The van der Waals surface area contributed by atoms with Gasteiger partial charge in [0.1, 0.15) is 5.75 Å². The van der Waals surface area contributed by atoms with Gasteiger partial charge in [-0.15, -0.1) is 0 Å². The van der Waals surface area contributed by atoms with Crippen LogP contribution in [-0.2, 0) is 24.2 Å². The van der Waals surface area contributed by atoms with Crippen molar-refractivity contribution in [2.24, 2.45) is 17.8 Å². The Balaban J connectivity index is 1.12.